The number of para-hydroxylation sites is 1. The fourth-order valence-corrected chi connectivity index (χ4v) is 4.70. The molecule has 2 aliphatic heterocycles. The summed E-state index contributed by atoms with van der Waals surface area (Å²) in [7, 11) is 0. The van der Waals surface area contributed by atoms with Crippen molar-refractivity contribution in [3.63, 3.8) is 0 Å². The number of aromatic nitrogens is 2. The van der Waals surface area contributed by atoms with Crippen LogP contribution in [0.3, 0.4) is 0 Å². The highest BCUT2D eigenvalue weighted by atomic mass is 35.5. The second-order valence-electron chi connectivity index (χ2n) is 7.52. The molecule has 0 aliphatic carbocycles. The van der Waals surface area contributed by atoms with Gasteiger partial charge in [-0.3, -0.25) is 9.69 Å². The number of anilines is 4. The summed E-state index contributed by atoms with van der Waals surface area (Å²) in [6.07, 6.45) is 1.42. The molecule has 0 saturated carbocycles. The first-order valence-corrected chi connectivity index (χ1v) is 11.4. The van der Waals surface area contributed by atoms with Crippen LogP contribution >= 0.6 is 34.8 Å². The van der Waals surface area contributed by atoms with Crippen LogP contribution in [0.5, 0.6) is 5.88 Å². The Balaban J connectivity index is 1.35. The number of hydrogen-bond donors (Lipinski definition) is 2. The highest BCUT2D eigenvalue weighted by molar-refractivity contribution is 6.40. The summed E-state index contributed by atoms with van der Waals surface area (Å²) in [5.41, 5.74) is 2.32. The Morgan fingerprint density at radius 1 is 1.03 bits per heavy atom. The van der Waals surface area contributed by atoms with E-state index in [0.29, 0.717) is 20.8 Å². The van der Waals surface area contributed by atoms with E-state index in [-0.39, 0.29) is 30.0 Å². The van der Waals surface area contributed by atoms with Crippen LogP contribution in [-0.2, 0) is 0 Å². The molecule has 1 amide bonds. The van der Waals surface area contributed by atoms with Gasteiger partial charge >= 0.3 is 0 Å². The zero-order valence-corrected chi connectivity index (χ0v) is 19.6. The normalized spacial score (nSPS) is 15.8. The van der Waals surface area contributed by atoms with E-state index in [1.807, 2.05) is 18.2 Å². The van der Waals surface area contributed by atoms with Crippen LogP contribution in [0.1, 0.15) is 10.4 Å². The monoisotopic (exact) mass is 504 g/mol. The first-order valence-electron chi connectivity index (χ1n) is 10.3. The average Bonchev–Trinajstić information content (AvgIpc) is 2.81. The second kappa shape index (κ2) is 9.23. The van der Waals surface area contributed by atoms with E-state index in [1.165, 1.54) is 11.1 Å². The second-order valence-corrected chi connectivity index (χ2v) is 8.74. The lowest BCUT2D eigenvalue weighted by Gasteiger charge is -2.30. The van der Waals surface area contributed by atoms with Crippen molar-refractivity contribution in [1.82, 2.24) is 15.3 Å². The first-order chi connectivity index (χ1) is 16.0. The summed E-state index contributed by atoms with van der Waals surface area (Å²) in [6, 6.07) is 10.7. The van der Waals surface area contributed by atoms with Gasteiger partial charge < -0.3 is 20.3 Å². The third-order valence-electron chi connectivity index (χ3n) is 5.43. The molecule has 170 valence electrons. The first kappa shape index (κ1) is 22.0. The minimum absolute atomic E-state index is 0.0725. The molecule has 11 heteroatoms. The lowest BCUT2D eigenvalue weighted by Crippen LogP contribution is -2.43. The van der Waals surface area contributed by atoms with Crippen molar-refractivity contribution in [2.45, 2.75) is 0 Å². The molecule has 0 atom stereocenters. The van der Waals surface area contributed by atoms with Crippen LogP contribution < -0.4 is 25.2 Å². The van der Waals surface area contributed by atoms with Gasteiger partial charge in [-0.1, -0.05) is 40.9 Å². The Hall–Kier alpha value is -2.78. The van der Waals surface area contributed by atoms with Gasteiger partial charge in [-0.2, -0.15) is 4.98 Å². The fraction of sp³-hybridized carbons (Fsp3) is 0.227. The molecule has 0 unspecified atom stereocenters. The van der Waals surface area contributed by atoms with Gasteiger partial charge in [-0.05, 0) is 30.3 Å². The molecule has 2 aromatic carbocycles. The van der Waals surface area contributed by atoms with Crippen molar-refractivity contribution in [1.29, 1.82) is 0 Å². The minimum atomic E-state index is -0.346. The third-order valence-corrected chi connectivity index (χ3v) is 6.34. The number of benzene rings is 2. The number of piperazine rings is 1. The average molecular weight is 506 g/mol. The lowest BCUT2D eigenvalue weighted by molar-refractivity contribution is 0.0932. The molecule has 3 aromatic rings. The molecular weight excluding hydrogens is 487 g/mol. The van der Waals surface area contributed by atoms with Crippen molar-refractivity contribution in [3.05, 3.63) is 63.2 Å². The van der Waals surface area contributed by atoms with Crippen molar-refractivity contribution in [2.75, 3.05) is 48.0 Å². The maximum Gasteiger partial charge on any atom is 0.268 e. The van der Waals surface area contributed by atoms with Crippen LogP contribution in [0.25, 0.3) is 0 Å². The van der Waals surface area contributed by atoms with E-state index in [1.54, 1.807) is 18.2 Å². The van der Waals surface area contributed by atoms with Crippen molar-refractivity contribution < 1.29 is 9.53 Å². The maximum atomic E-state index is 13.0. The molecule has 0 bridgehead atoms. The Morgan fingerprint density at radius 2 is 1.79 bits per heavy atom. The van der Waals surface area contributed by atoms with Gasteiger partial charge in [0.1, 0.15) is 5.56 Å². The number of rotatable bonds is 4. The van der Waals surface area contributed by atoms with Gasteiger partial charge in [-0.25, -0.2) is 4.98 Å². The number of hydrogen-bond acceptors (Lipinski definition) is 7. The summed E-state index contributed by atoms with van der Waals surface area (Å²) in [5.74, 6) is 0.124. The molecular formula is C22H19Cl3N6O2. The molecule has 5 rings (SSSR count). The van der Waals surface area contributed by atoms with Gasteiger partial charge in [-0.15, -0.1) is 0 Å². The predicted molar refractivity (Wildman–Crippen MR) is 131 cm³/mol. The largest absolute Gasteiger partial charge is 0.455 e. The molecule has 0 radical (unpaired) electrons. The number of fused-ring (bicyclic) bond motifs is 1. The molecule has 1 fully saturated rings. The quantitative estimate of drug-likeness (QED) is 0.537. The topological polar surface area (TPSA) is 82.6 Å². The number of nitrogens with one attached hydrogen (secondary N) is 2. The van der Waals surface area contributed by atoms with Crippen molar-refractivity contribution in [2.24, 2.45) is 0 Å². The maximum absolute atomic E-state index is 13.0. The van der Waals surface area contributed by atoms with Gasteiger partial charge in [0, 0.05) is 38.1 Å². The summed E-state index contributed by atoms with van der Waals surface area (Å²) < 4.78 is 5.73. The summed E-state index contributed by atoms with van der Waals surface area (Å²) in [4.78, 5) is 25.3. The number of nitrogens with zero attached hydrogens (tertiary/aromatic N) is 4. The summed E-state index contributed by atoms with van der Waals surface area (Å²) >= 11 is 19.0. The van der Waals surface area contributed by atoms with Gasteiger partial charge in [0.2, 0.25) is 11.8 Å². The van der Waals surface area contributed by atoms with Gasteiger partial charge in [0.05, 0.1) is 26.4 Å². The van der Waals surface area contributed by atoms with E-state index in [0.717, 1.165) is 37.6 Å². The van der Waals surface area contributed by atoms with Crippen LogP contribution in [-0.4, -0.2) is 48.8 Å². The van der Waals surface area contributed by atoms with E-state index >= 15 is 0 Å². The fourth-order valence-electron chi connectivity index (χ4n) is 3.80. The zero-order valence-electron chi connectivity index (χ0n) is 17.3. The van der Waals surface area contributed by atoms with Crippen molar-refractivity contribution in [3.8, 4) is 5.88 Å². The number of carbonyl (C=O) groups excluding carboxylic acids is 1. The molecule has 1 saturated heterocycles. The molecule has 8 nitrogen and oxygen atoms in total. The Bertz CT molecular complexity index is 1200. The predicted octanol–water partition coefficient (Wildman–Crippen LogP) is 4.59. The number of amides is 1. The smallest absolute Gasteiger partial charge is 0.268 e. The summed E-state index contributed by atoms with van der Waals surface area (Å²) in [5, 5.41) is 7.78. The van der Waals surface area contributed by atoms with Gasteiger partial charge in [0.25, 0.3) is 5.91 Å². The highest BCUT2D eigenvalue weighted by Crippen LogP contribution is 2.37. The number of halogens is 3. The molecule has 0 spiro atoms. The standard InChI is InChI=1S/C22H19Cl3N6O2/c23-15-2-1-3-16(24)19(15)31-12-33-20-14(21(31)32)11-27-22(29-20)28-13-4-5-18(17(25)10-13)30-8-6-26-7-9-30/h1-5,10-11,26H,6-9,12H2,(H,27,28,29). The lowest BCUT2D eigenvalue weighted by atomic mass is 10.2. The van der Waals surface area contributed by atoms with Crippen LogP contribution in [0, 0.1) is 0 Å². The third kappa shape index (κ3) is 4.39. The summed E-state index contributed by atoms with van der Waals surface area (Å²) in [6.45, 7) is 3.59. The van der Waals surface area contributed by atoms with Crippen LogP contribution in [0.2, 0.25) is 15.1 Å². The van der Waals surface area contributed by atoms with E-state index in [2.05, 4.69) is 25.5 Å². The van der Waals surface area contributed by atoms with Gasteiger partial charge in [0.15, 0.2) is 6.73 Å². The zero-order chi connectivity index (χ0) is 22.9. The number of carbonyl (C=O) groups is 1. The molecule has 2 N–H and O–H groups in total. The van der Waals surface area contributed by atoms with E-state index in [9.17, 15) is 4.79 Å². The molecule has 33 heavy (non-hydrogen) atoms. The molecule has 2 aliphatic rings. The van der Waals surface area contributed by atoms with E-state index in [4.69, 9.17) is 39.5 Å². The SMILES string of the molecule is O=C1c2cnc(Nc3ccc(N4CCNCC4)c(Cl)c3)nc2OCN1c1c(Cl)cccc1Cl. The minimum Gasteiger partial charge on any atom is -0.455 e. The highest BCUT2D eigenvalue weighted by Gasteiger charge is 2.31. The Kier molecular flexibility index (Phi) is 6.16. The number of ether oxygens (including phenoxy) is 1. The molecule has 3 heterocycles. The Morgan fingerprint density at radius 3 is 2.52 bits per heavy atom. The van der Waals surface area contributed by atoms with E-state index < -0.39 is 0 Å². The van der Waals surface area contributed by atoms with Crippen LogP contribution in [0.4, 0.5) is 23.0 Å². The van der Waals surface area contributed by atoms with Crippen LogP contribution in [0.15, 0.2) is 42.6 Å². The Labute approximate surface area is 205 Å². The molecule has 1 aromatic heterocycles. The van der Waals surface area contributed by atoms with Crippen molar-refractivity contribution >= 4 is 63.7 Å².